The Kier molecular flexibility index (Phi) is 8.99. The van der Waals surface area contributed by atoms with Crippen molar-refractivity contribution in [3.8, 4) is 0 Å². The first-order chi connectivity index (χ1) is 11.5. The van der Waals surface area contributed by atoms with E-state index in [0.29, 0.717) is 12.8 Å². The zero-order valence-corrected chi connectivity index (χ0v) is 14.5. The summed E-state index contributed by atoms with van der Waals surface area (Å²) in [5.74, 6) is -1.15. The fourth-order valence-electron chi connectivity index (χ4n) is 2.25. The molecule has 0 aromatic carbocycles. The molecule has 1 aliphatic rings. The molecule has 0 spiro atoms. The van der Waals surface area contributed by atoms with Gasteiger partial charge < -0.3 is 9.47 Å². The number of nitrogens with zero attached hydrogens (tertiary/aromatic N) is 2. The van der Waals surface area contributed by atoms with Crippen molar-refractivity contribution in [2.75, 3.05) is 13.7 Å². The van der Waals surface area contributed by atoms with Crippen LogP contribution in [0, 0.1) is 0 Å². The van der Waals surface area contributed by atoms with Crippen molar-refractivity contribution < 1.29 is 23.5 Å². The number of aliphatic imine (C=N–C) groups is 1. The fraction of sp³-hybridized carbons (Fsp3) is 0.688. The van der Waals surface area contributed by atoms with Gasteiger partial charge in [0.15, 0.2) is 11.7 Å². The SMILES string of the molecule is CCCCCOC(=O)NC(=NC)/C(F)=C\N(C=O)[C@H]1CC[C@@H](C)O1. The number of rotatable bonds is 8. The van der Waals surface area contributed by atoms with Crippen LogP contribution in [0.3, 0.4) is 0 Å². The van der Waals surface area contributed by atoms with Crippen LogP contribution in [0.5, 0.6) is 0 Å². The minimum Gasteiger partial charge on any atom is -0.449 e. The molecule has 1 heterocycles. The van der Waals surface area contributed by atoms with Gasteiger partial charge in [0, 0.05) is 13.2 Å². The van der Waals surface area contributed by atoms with Crippen LogP contribution in [-0.4, -0.2) is 49.2 Å². The third-order valence-electron chi connectivity index (χ3n) is 3.58. The van der Waals surface area contributed by atoms with E-state index in [9.17, 15) is 14.0 Å². The van der Waals surface area contributed by atoms with E-state index in [0.717, 1.165) is 36.8 Å². The molecule has 0 unspecified atom stereocenters. The van der Waals surface area contributed by atoms with E-state index >= 15 is 0 Å². The predicted octanol–water partition coefficient (Wildman–Crippen LogP) is 2.73. The summed E-state index contributed by atoms with van der Waals surface area (Å²) in [5.41, 5.74) is 0. The molecule has 1 N–H and O–H groups in total. The molecular formula is C16H26FN3O4. The second-order valence-electron chi connectivity index (χ2n) is 5.55. The molecule has 1 fully saturated rings. The molecule has 0 saturated carbocycles. The van der Waals surface area contributed by atoms with Crippen molar-refractivity contribution in [1.82, 2.24) is 10.2 Å². The topological polar surface area (TPSA) is 80.2 Å². The van der Waals surface area contributed by atoms with E-state index in [2.05, 4.69) is 10.3 Å². The fourth-order valence-corrected chi connectivity index (χ4v) is 2.25. The highest BCUT2D eigenvalue weighted by atomic mass is 19.1. The van der Waals surface area contributed by atoms with E-state index in [1.165, 1.54) is 7.05 Å². The predicted molar refractivity (Wildman–Crippen MR) is 88.0 cm³/mol. The maximum Gasteiger partial charge on any atom is 0.412 e. The van der Waals surface area contributed by atoms with Gasteiger partial charge >= 0.3 is 6.09 Å². The number of alkyl carbamates (subject to hydrolysis) is 1. The van der Waals surface area contributed by atoms with Crippen LogP contribution in [0.2, 0.25) is 0 Å². The van der Waals surface area contributed by atoms with Gasteiger partial charge in [0.05, 0.1) is 12.7 Å². The van der Waals surface area contributed by atoms with E-state index in [4.69, 9.17) is 9.47 Å². The van der Waals surface area contributed by atoms with Crippen LogP contribution in [-0.2, 0) is 14.3 Å². The molecule has 1 aliphatic heterocycles. The first kappa shape index (κ1) is 20.1. The zero-order chi connectivity index (χ0) is 17.9. The second-order valence-corrected chi connectivity index (χ2v) is 5.55. The van der Waals surface area contributed by atoms with Crippen LogP contribution in [0.25, 0.3) is 0 Å². The molecule has 136 valence electrons. The Hall–Kier alpha value is -1.96. The Morgan fingerprint density at radius 1 is 1.46 bits per heavy atom. The molecule has 2 amide bonds. The van der Waals surface area contributed by atoms with Crippen LogP contribution in [0.15, 0.2) is 17.0 Å². The number of hydrogen-bond acceptors (Lipinski definition) is 5. The number of halogens is 1. The van der Waals surface area contributed by atoms with Crippen LogP contribution in [0.4, 0.5) is 9.18 Å². The molecular weight excluding hydrogens is 317 g/mol. The number of amidine groups is 1. The molecule has 0 bridgehead atoms. The average Bonchev–Trinajstić information content (AvgIpc) is 3.00. The molecule has 0 aromatic rings. The van der Waals surface area contributed by atoms with Crippen molar-refractivity contribution in [3.05, 3.63) is 12.0 Å². The van der Waals surface area contributed by atoms with Crippen molar-refractivity contribution in [2.45, 2.75) is 58.3 Å². The summed E-state index contributed by atoms with van der Waals surface area (Å²) in [5, 5.41) is 2.23. The normalized spacial score (nSPS) is 21.5. The second kappa shape index (κ2) is 10.7. The van der Waals surface area contributed by atoms with Gasteiger partial charge in [-0.05, 0) is 26.2 Å². The van der Waals surface area contributed by atoms with Crippen LogP contribution in [0.1, 0.15) is 46.0 Å². The van der Waals surface area contributed by atoms with Crippen LogP contribution >= 0.6 is 0 Å². The highest BCUT2D eigenvalue weighted by molar-refractivity contribution is 6.04. The minimum atomic E-state index is -0.849. The van der Waals surface area contributed by atoms with Gasteiger partial charge in [-0.15, -0.1) is 0 Å². The van der Waals surface area contributed by atoms with E-state index in [1.807, 2.05) is 13.8 Å². The first-order valence-electron chi connectivity index (χ1n) is 8.18. The van der Waals surface area contributed by atoms with Crippen molar-refractivity contribution in [1.29, 1.82) is 0 Å². The quantitative estimate of drug-likeness (QED) is 0.318. The summed E-state index contributed by atoms with van der Waals surface area (Å²) in [6.45, 7) is 4.18. The molecule has 2 atom stereocenters. The molecule has 0 radical (unpaired) electrons. The van der Waals surface area contributed by atoms with Gasteiger partial charge in [0.1, 0.15) is 6.23 Å². The van der Waals surface area contributed by atoms with E-state index < -0.39 is 18.1 Å². The Balaban J connectivity index is 2.59. The van der Waals surface area contributed by atoms with E-state index in [-0.39, 0.29) is 18.5 Å². The number of ether oxygens (including phenoxy) is 2. The summed E-state index contributed by atoms with van der Waals surface area (Å²) in [4.78, 5) is 27.5. The lowest BCUT2D eigenvalue weighted by Crippen LogP contribution is -2.34. The summed E-state index contributed by atoms with van der Waals surface area (Å²) in [6.07, 6.45) is 4.30. The Morgan fingerprint density at radius 3 is 2.75 bits per heavy atom. The summed E-state index contributed by atoms with van der Waals surface area (Å²) < 4.78 is 24.7. The van der Waals surface area contributed by atoms with Gasteiger partial charge in [-0.25, -0.2) is 9.18 Å². The highest BCUT2D eigenvalue weighted by Gasteiger charge is 2.26. The third-order valence-corrected chi connectivity index (χ3v) is 3.58. The monoisotopic (exact) mass is 343 g/mol. The highest BCUT2D eigenvalue weighted by Crippen LogP contribution is 2.22. The lowest BCUT2D eigenvalue weighted by molar-refractivity contribution is -0.125. The summed E-state index contributed by atoms with van der Waals surface area (Å²) in [6, 6.07) is 0. The molecule has 24 heavy (non-hydrogen) atoms. The number of nitrogens with one attached hydrogen (secondary N) is 1. The largest absolute Gasteiger partial charge is 0.449 e. The molecule has 0 aliphatic carbocycles. The van der Waals surface area contributed by atoms with Gasteiger partial charge in [0.2, 0.25) is 6.41 Å². The number of carbonyl (C=O) groups excluding carboxylic acids is 2. The Bertz CT molecular complexity index is 482. The van der Waals surface area contributed by atoms with Crippen molar-refractivity contribution in [2.24, 2.45) is 4.99 Å². The Morgan fingerprint density at radius 2 is 2.21 bits per heavy atom. The standard InChI is InChI=1S/C16H26FN3O4/c1-4-5-6-9-23-16(22)19-15(18-3)13(17)10-20(11-21)14-8-7-12(2)24-14/h10-12,14H,4-9H2,1-3H3,(H,18,19,22)/b13-10+/t12-,14-/m1/s1. The number of carbonyl (C=O) groups is 2. The van der Waals surface area contributed by atoms with Gasteiger partial charge in [-0.3, -0.25) is 20.0 Å². The van der Waals surface area contributed by atoms with Crippen molar-refractivity contribution >= 4 is 18.3 Å². The zero-order valence-electron chi connectivity index (χ0n) is 14.5. The lowest BCUT2D eigenvalue weighted by Gasteiger charge is -2.21. The number of amides is 2. The van der Waals surface area contributed by atoms with Gasteiger partial charge in [-0.1, -0.05) is 19.8 Å². The first-order valence-corrected chi connectivity index (χ1v) is 8.18. The molecule has 8 heteroatoms. The average molecular weight is 343 g/mol. The molecule has 1 saturated heterocycles. The van der Waals surface area contributed by atoms with Gasteiger partial charge in [0.25, 0.3) is 0 Å². The maximum atomic E-state index is 14.3. The van der Waals surface area contributed by atoms with Crippen LogP contribution < -0.4 is 5.32 Å². The number of hydrogen-bond donors (Lipinski definition) is 1. The molecule has 0 aromatic heterocycles. The molecule has 1 rings (SSSR count). The third kappa shape index (κ3) is 6.66. The Labute approximate surface area is 141 Å². The maximum absolute atomic E-state index is 14.3. The lowest BCUT2D eigenvalue weighted by atomic mass is 10.2. The van der Waals surface area contributed by atoms with E-state index in [1.54, 1.807) is 0 Å². The summed E-state index contributed by atoms with van der Waals surface area (Å²) in [7, 11) is 1.33. The molecule has 7 nitrogen and oxygen atoms in total. The van der Waals surface area contributed by atoms with Crippen molar-refractivity contribution in [3.63, 3.8) is 0 Å². The summed E-state index contributed by atoms with van der Waals surface area (Å²) >= 11 is 0. The minimum absolute atomic E-state index is 0.0180. The van der Waals surface area contributed by atoms with Gasteiger partial charge in [-0.2, -0.15) is 0 Å². The smallest absolute Gasteiger partial charge is 0.412 e. The number of unbranched alkanes of at least 4 members (excludes halogenated alkanes) is 2.